The van der Waals surface area contributed by atoms with E-state index in [2.05, 4.69) is 44.6 Å². The van der Waals surface area contributed by atoms with Crippen molar-refractivity contribution in [1.29, 1.82) is 0 Å². The van der Waals surface area contributed by atoms with Crippen molar-refractivity contribution in [3.05, 3.63) is 12.0 Å². The lowest BCUT2D eigenvalue weighted by Crippen LogP contribution is -2.22. The summed E-state index contributed by atoms with van der Waals surface area (Å²) in [5.74, 6) is 2.40. The normalized spacial score (nSPS) is 24.2. The van der Waals surface area contributed by atoms with Crippen LogP contribution in [0.2, 0.25) is 0 Å². The van der Waals surface area contributed by atoms with Gasteiger partial charge in [0.25, 0.3) is 0 Å². The minimum absolute atomic E-state index is 0.169. The molecule has 64 valence electrons. The highest BCUT2D eigenvalue weighted by Crippen LogP contribution is 2.47. The number of rotatable bonds is 2. The molecule has 0 amide bonds. The highest BCUT2D eigenvalue weighted by molar-refractivity contribution is 7.61. The van der Waals surface area contributed by atoms with E-state index >= 15 is 0 Å². The Labute approximate surface area is 71.2 Å². The summed E-state index contributed by atoms with van der Waals surface area (Å²) in [6, 6.07) is 0.678. The van der Waals surface area contributed by atoms with Crippen molar-refractivity contribution in [3.63, 3.8) is 0 Å². The standard InChI is InChI=1S/C9H18NP/c1-8(2)10-5-6-11(7-10)9(3)4/h5-6,8-9H,7H2,1-4H3. The van der Waals surface area contributed by atoms with Crippen LogP contribution in [0.5, 0.6) is 0 Å². The molecule has 1 unspecified atom stereocenters. The molecule has 0 aromatic rings. The van der Waals surface area contributed by atoms with Crippen molar-refractivity contribution in [2.24, 2.45) is 0 Å². The maximum absolute atomic E-state index is 2.44. The van der Waals surface area contributed by atoms with Crippen molar-refractivity contribution in [2.45, 2.75) is 39.4 Å². The van der Waals surface area contributed by atoms with Gasteiger partial charge in [-0.05, 0) is 25.3 Å². The van der Waals surface area contributed by atoms with Gasteiger partial charge in [-0.2, -0.15) is 0 Å². The van der Waals surface area contributed by atoms with Crippen LogP contribution < -0.4 is 0 Å². The fourth-order valence-electron chi connectivity index (χ4n) is 1.12. The first-order valence-electron chi connectivity index (χ1n) is 4.31. The van der Waals surface area contributed by atoms with Crippen LogP contribution in [0.15, 0.2) is 12.0 Å². The molecule has 0 saturated heterocycles. The number of nitrogens with zero attached hydrogens (tertiary/aromatic N) is 1. The van der Waals surface area contributed by atoms with Crippen molar-refractivity contribution in [2.75, 3.05) is 6.29 Å². The van der Waals surface area contributed by atoms with Gasteiger partial charge in [0.1, 0.15) is 0 Å². The largest absolute Gasteiger partial charge is 0.371 e. The summed E-state index contributed by atoms with van der Waals surface area (Å²) < 4.78 is 0. The zero-order valence-electron chi connectivity index (χ0n) is 7.91. The van der Waals surface area contributed by atoms with Gasteiger partial charge >= 0.3 is 0 Å². The summed E-state index contributed by atoms with van der Waals surface area (Å²) in [7, 11) is 0.169. The van der Waals surface area contributed by atoms with Crippen LogP contribution in [0.3, 0.4) is 0 Å². The van der Waals surface area contributed by atoms with Crippen LogP contribution in [0, 0.1) is 0 Å². The first kappa shape index (κ1) is 9.06. The van der Waals surface area contributed by atoms with E-state index in [1.165, 1.54) is 6.29 Å². The molecule has 0 radical (unpaired) electrons. The van der Waals surface area contributed by atoms with E-state index in [1.807, 2.05) is 0 Å². The SMILES string of the molecule is CC(C)N1C=CP(C(C)C)C1. The first-order valence-corrected chi connectivity index (χ1v) is 5.97. The zero-order valence-corrected chi connectivity index (χ0v) is 8.81. The third-order valence-corrected chi connectivity index (χ3v) is 4.60. The Kier molecular flexibility index (Phi) is 2.95. The molecule has 0 N–H and O–H groups in total. The Morgan fingerprint density at radius 2 is 1.91 bits per heavy atom. The number of hydrogen-bond donors (Lipinski definition) is 0. The second-order valence-electron chi connectivity index (χ2n) is 3.66. The molecule has 1 heterocycles. The van der Waals surface area contributed by atoms with E-state index in [0.717, 1.165) is 5.66 Å². The maximum atomic E-state index is 2.44. The molecule has 2 heteroatoms. The average molecular weight is 171 g/mol. The van der Waals surface area contributed by atoms with E-state index in [9.17, 15) is 0 Å². The second kappa shape index (κ2) is 3.58. The third kappa shape index (κ3) is 2.20. The van der Waals surface area contributed by atoms with Gasteiger partial charge < -0.3 is 4.90 Å². The van der Waals surface area contributed by atoms with Gasteiger partial charge in [0.2, 0.25) is 0 Å². The zero-order chi connectivity index (χ0) is 8.43. The van der Waals surface area contributed by atoms with Crippen molar-refractivity contribution in [1.82, 2.24) is 4.90 Å². The van der Waals surface area contributed by atoms with Crippen LogP contribution in [-0.2, 0) is 0 Å². The molecule has 1 rings (SSSR count). The monoisotopic (exact) mass is 171 g/mol. The van der Waals surface area contributed by atoms with Gasteiger partial charge in [-0.3, -0.25) is 0 Å². The molecule has 11 heavy (non-hydrogen) atoms. The summed E-state index contributed by atoms with van der Waals surface area (Å²) in [4.78, 5) is 2.44. The lowest BCUT2D eigenvalue weighted by Gasteiger charge is -2.23. The molecular formula is C9H18NP. The minimum atomic E-state index is 0.169. The van der Waals surface area contributed by atoms with Crippen molar-refractivity contribution in [3.8, 4) is 0 Å². The lowest BCUT2D eigenvalue weighted by atomic mass is 10.4. The third-order valence-electron chi connectivity index (χ3n) is 2.10. The molecule has 1 aliphatic rings. The molecule has 0 spiro atoms. The van der Waals surface area contributed by atoms with Crippen LogP contribution in [0.4, 0.5) is 0 Å². The molecule has 0 aliphatic carbocycles. The van der Waals surface area contributed by atoms with Crippen LogP contribution >= 0.6 is 7.92 Å². The van der Waals surface area contributed by atoms with Crippen LogP contribution in [0.1, 0.15) is 27.7 Å². The Hall–Kier alpha value is -0.0300. The minimum Gasteiger partial charge on any atom is -0.371 e. The number of hydrogen-bond acceptors (Lipinski definition) is 1. The molecule has 1 atom stereocenters. The van der Waals surface area contributed by atoms with Gasteiger partial charge in [0, 0.05) is 18.5 Å². The Bertz CT molecular complexity index is 136. The van der Waals surface area contributed by atoms with Gasteiger partial charge in [0.15, 0.2) is 0 Å². The van der Waals surface area contributed by atoms with E-state index in [1.54, 1.807) is 0 Å². The molecule has 0 bridgehead atoms. The maximum Gasteiger partial charge on any atom is 0.0412 e. The lowest BCUT2D eigenvalue weighted by molar-refractivity contribution is 0.365. The quantitative estimate of drug-likeness (QED) is 0.577. The summed E-state index contributed by atoms with van der Waals surface area (Å²) in [5.41, 5.74) is 0.852. The fraction of sp³-hybridized carbons (Fsp3) is 0.778. The van der Waals surface area contributed by atoms with Crippen LogP contribution in [-0.4, -0.2) is 22.9 Å². The fourth-order valence-corrected chi connectivity index (χ4v) is 3.03. The van der Waals surface area contributed by atoms with Gasteiger partial charge in [-0.15, -0.1) is 0 Å². The summed E-state index contributed by atoms with van der Waals surface area (Å²) in [5, 5.41) is 0. The Balaban J connectivity index is 2.43. The Morgan fingerprint density at radius 3 is 2.18 bits per heavy atom. The van der Waals surface area contributed by atoms with Crippen LogP contribution in [0.25, 0.3) is 0 Å². The summed E-state index contributed by atoms with van der Waals surface area (Å²) >= 11 is 0. The topological polar surface area (TPSA) is 3.24 Å². The summed E-state index contributed by atoms with van der Waals surface area (Å²) in [6.07, 6.45) is 3.56. The van der Waals surface area contributed by atoms with Crippen molar-refractivity contribution >= 4 is 7.92 Å². The predicted molar refractivity (Wildman–Crippen MR) is 53.0 cm³/mol. The first-order chi connectivity index (χ1) is 5.11. The van der Waals surface area contributed by atoms with Gasteiger partial charge in [-0.1, -0.05) is 21.8 Å². The smallest absolute Gasteiger partial charge is 0.0412 e. The van der Waals surface area contributed by atoms with E-state index in [-0.39, 0.29) is 7.92 Å². The molecule has 1 nitrogen and oxygen atoms in total. The predicted octanol–water partition coefficient (Wildman–Crippen LogP) is 3.03. The second-order valence-corrected chi connectivity index (χ2v) is 6.30. The molecular weight excluding hydrogens is 153 g/mol. The van der Waals surface area contributed by atoms with Gasteiger partial charge in [-0.25, -0.2) is 0 Å². The highest BCUT2D eigenvalue weighted by atomic mass is 31.1. The van der Waals surface area contributed by atoms with E-state index in [0.29, 0.717) is 6.04 Å². The average Bonchev–Trinajstić information content (AvgIpc) is 2.33. The summed E-state index contributed by atoms with van der Waals surface area (Å²) in [6.45, 7) is 9.15. The molecule has 1 aliphatic heterocycles. The molecule has 0 aromatic carbocycles. The molecule has 0 saturated carbocycles. The van der Waals surface area contributed by atoms with Gasteiger partial charge in [0.05, 0.1) is 0 Å². The molecule has 0 fully saturated rings. The van der Waals surface area contributed by atoms with Crippen molar-refractivity contribution < 1.29 is 0 Å². The molecule has 0 aromatic heterocycles. The van der Waals surface area contributed by atoms with E-state index in [4.69, 9.17) is 0 Å². The Morgan fingerprint density at radius 1 is 1.27 bits per heavy atom. The highest BCUT2D eigenvalue weighted by Gasteiger charge is 2.19. The van der Waals surface area contributed by atoms with E-state index < -0.39 is 0 Å².